The lowest BCUT2D eigenvalue weighted by molar-refractivity contribution is -0.163. The van der Waals surface area contributed by atoms with E-state index in [-0.39, 0.29) is 24.1 Å². The van der Waals surface area contributed by atoms with Gasteiger partial charge in [0.2, 0.25) is 0 Å². The zero-order chi connectivity index (χ0) is 14.6. The molecule has 0 amide bonds. The Morgan fingerprint density at radius 3 is 1.79 bits per heavy atom. The summed E-state index contributed by atoms with van der Waals surface area (Å²) >= 11 is 0. The molecule has 1 rings (SSSR count). The lowest BCUT2D eigenvalue weighted by Gasteiger charge is -2.30. The Balaban J connectivity index is 2.35. The Labute approximate surface area is 115 Å². The molecule has 4 heteroatoms. The fourth-order valence-corrected chi connectivity index (χ4v) is 1.85. The quantitative estimate of drug-likeness (QED) is 0.583. The fourth-order valence-electron chi connectivity index (χ4n) is 1.85. The van der Waals surface area contributed by atoms with E-state index < -0.39 is 5.41 Å². The van der Waals surface area contributed by atoms with Crippen molar-refractivity contribution in [3.05, 3.63) is 12.2 Å². The second-order valence-corrected chi connectivity index (χ2v) is 6.24. The smallest absolute Gasteiger partial charge is 0.333 e. The normalized spacial score (nSPS) is 23.6. The molecule has 0 N–H and O–H groups in total. The molecule has 0 heterocycles. The Morgan fingerprint density at radius 1 is 1.00 bits per heavy atom. The molecule has 0 radical (unpaired) electrons. The van der Waals surface area contributed by atoms with E-state index in [4.69, 9.17) is 9.47 Å². The highest BCUT2D eigenvalue weighted by molar-refractivity contribution is 5.87. The summed E-state index contributed by atoms with van der Waals surface area (Å²) in [5.74, 6) is -0.509. The highest BCUT2D eigenvalue weighted by Gasteiger charge is 2.30. The first-order chi connectivity index (χ1) is 8.70. The average Bonchev–Trinajstić information content (AvgIpc) is 2.30. The summed E-state index contributed by atoms with van der Waals surface area (Å²) < 4.78 is 10.8. The second-order valence-electron chi connectivity index (χ2n) is 6.24. The summed E-state index contributed by atoms with van der Waals surface area (Å²) in [6, 6.07) is 0. The summed E-state index contributed by atoms with van der Waals surface area (Å²) in [4.78, 5) is 23.2. The first kappa shape index (κ1) is 15.7. The van der Waals surface area contributed by atoms with Gasteiger partial charge in [0, 0.05) is 5.57 Å². The topological polar surface area (TPSA) is 52.6 Å². The largest absolute Gasteiger partial charge is 0.462 e. The number of ether oxygens (including phenoxy) is 2. The first-order valence-electron chi connectivity index (χ1n) is 6.77. The third kappa shape index (κ3) is 5.05. The van der Waals surface area contributed by atoms with Crippen molar-refractivity contribution in [2.75, 3.05) is 0 Å². The van der Waals surface area contributed by atoms with Crippen LogP contribution in [0.4, 0.5) is 0 Å². The molecule has 1 saturated carbocycles. The van der Waals surface area contributed by atoms with Crippen molar-refractivity contribution >= 4 is 11.9 Å². The number of hydrogen-bond donors (Lipinski definition) is 0. The molecule has 1 aliphatic rings. The third-order valence-electron chi connectivity index (χ3n) is 3.13. The maximum atomic E-state index is 11.8. The summed E-state index contributed by atoms with van der Waals surface area (Å²) in [7, 11) is 0. The van der Waals surface area contributed by atoms with Crippen molar-refractivity contribution in [3.8, 4) is 0 Å². The number of carbonyl (C=O) groups excluding carboxylic acids is 2. The summed E-state index contributed by atoms with van der Waals surface area (Å²) in [6.07, 6.45) is 2.84. The van der Waals surface area contributed by atoms with Gasteiger partial charge in [-0.2, -0.15) is 0 Å². The predicted octanol–water partition coefficient (Wildman–Crippen LogP) is 3.01. The lowest BCUT2D eigenvalue weighted by atomic mass is 9.93. The van der Waals surface area contributed by atoms with Crippen LogP contribution in [0.15, 0.2) is 12.2 Å². The van der Waals surface area contributed by atoms with Crippen LogP contribution in [0.2, 0.25) is 0 Å². The van der Waals surface area contributed by atoms with Gasteiger partial charge < -0.3 is 9.47 Å². The van der Waals surface area contributed by atoms with Crippen LogP contribution in [0.5, 0.6) is 0 Å². The first-order valence-corrected chi connectivity index (χ1v) is 6.77. The molecule has 0 atom stereocenters. The van der Waals surface area contributed by atoms with Gasteiger partial charge in [0.15, 0.2) is 0 Å². The molecule has 0 unspecified atom stereocenters. The molecule has 0 aliphatic heterocycles. The maximum Gasteiger partial charge on any atom is 0.333 e. The molecule has 0 aromatic heterocycles. The number of hydrogen-bond acceptors (Lipinski definition) is 4. The van der Waals surface area contributed by atoms with Gasteiger partial charge in [-0.05, 0) is 53.4 Å². The van der Waals surface area contributed by atoms with Gasteiger partial charge in [-0.3, -0.25) is 4.79 Å². The standard InChI is InChI=1S/C15H24O4/c1-10(2)13(16)18-11-6-8-12(9-7-11)19-14(17)15(3,4)5/h11-12H,1,6-9H2,2-5H3. The van der Waals surface area contributed by atoms with Crippen molar-refractivity contribution in [2.24, 2.45) is 5.41 Å². The Kier molecular flexibility index (Phi) is 5.15. The van der Waals surface area contributed by atoms with Crippen molar-refractivity contribution in [1.82, 2.24) is 0 Å². The third-order valence-corrected chi connectivity index (χ3v) is 3.13. The van der Waals surface area contributed by atoms with E-state index in [9.17, 15) is 9.59 Å². The van der Waals surface area contributed by atoms with Crippen LogP contribution in [0.1, 0.15) is 53.4 Å². The molecule has 0 saturated heterocycles. The molecule has 108 valence electrons. The minimum Gasteiger partial charge on any atom is -0.462 e. The molecule has 4 nitrogen and oxygen atoms in total. The van der Waals surface area contributed by atoms with E-state index in [1.54, 1.807) is 6.92 Å². The van der Waals surface area contributed by atoms with Crippen LogP contribution in [-0.4, -0.2) is 24.1 Å². The number of carbonyl (C=O) groups is 2. The second kappa shape index (κ2) is 6.22. The van der Waals surface area contributed by atoms with Crippen molar-refractivity contribution < 1.29 is 19.1 Å². The zero-order valence-corrected chi connectivity index (χ0v) is 12.3. The van der Waals surface area contributed by atoms with Gasteiger partial charge in [0.05, 0.1) is 5.41 Å². The van der Waals surface area contributed by atoms with Crippen LogP contribution >= 0.6 is 0 Å². The maximum absolute atomic E-state index is 11.8. The summed E-state index contributed by atoms with van der Waals surface area (Å²) in [5.41, 5.74) is -0.0511. The van der Waals surface area contributed by atoms with Gasteiger partial charge >= 0.3 is 11.9 Å². The van der Waals surface area contributed by atoms with Crippen LogP contribution < -0.4 is 0 Å². The van der Waals surface area contributed by atoms with Crippen molar-refractivity contribution in [2.45, 2.75) is 65.6 Å². The Bertz CT molecular complexity index is 357. The van der Waals surface area contributed by atoms with Gasteiger partial charge in [0.1, 0.15) is 12.2 Å². The molecular weight excluding hydrogens is 244 g/mol. The van der Waals surface area contributed by atoms with Gasteiger partial charge in [0.25, 0.3) is 0 Å². The van der Waals surface area contributed by atoms with E-state index in [1.807, 2.05) is 20.8 Å². The van der Waals surface area contributed by atoms with E-state index in [0.29, 0.717) is 5.57 Å². The van der Waals surface area contributed by atoms with Crippen LogP contribution in [0.25, 0.3) is 0 Å². The van der Waals surface area contributed by atoms with Crippen molar-refractivity contribution in [1.29, 1.82) is 0 Å². The number of rotatable bonds is 3. The summed E-state index contributed by atoms with van der Waals surface area (Å²) in [6.45, 7) is 10.7. The number of esters is 2. The van der Waals surface area contributed by atoms with E-state index in [0.717, 1.165) is 25.7 Å². The zero-order valence-electron chi connectivity index (χ0n) is 12.3. The van der Waals surface area contributed by atoms with Gasteiger partial charge in [-0.1, -0.05) is 6.58 Å². The van der Waals surface area contributed by atoms with E-state index in [2.05, 4.69) is 6.58 Å². The van der Waals surface area contributed by atoms with Crippen molar-refractivity contribution in [3.63, 3.8) is 0 Å². The minimum atomic E-state index is -0.469. The lowest BCUT2D eigenvalue weighted by Crippen LogP contribution is -2.33. The highest BCUT2D eigenvalue weighted by Crippen LogP contribution is 2.26. The molecule has 0 aromatic rings. The molecule has 0 bridgehead atoms. The predicted molar refractivity (Wildman–Crippen MR) is 72.5 cm³/mol. The molecule has 0 aromatic carbocycles. The molecule has 1 aliphatic carbocycles. The Hall–Kier alpha value is -1.32. The highest BCUT2D eigenvalue weighted by atomic mass is 16.6. The summed E-state index contributed by atoms with van der Waals surface area (Å²) in [5, 5.41) is 0. The van der Waals surface area contributed by atoms with Gasteiger partial charge in [-0.15, -0.1) is 0 Å². The molecule has 19 heavy (non-hydrogen) atoms. The minimum absolute atomic E-state index is 0.0495. The fraction of sp³-hybridized carbons (Fsp3) is 0.733. The van der Waals surface area contributed by atoms with Gasteiger partial charge in [-0.25, -0.2) is 4.79 Å². The molecular formula is C15H24O4. The SMILES string of the molecule is C=C(C)C(=O)OC1CCC(OC(=O)C(C)(C)C)CC1. The van der Waals surface area contributed by atoms with E-state index >= 15 is 0 Å². The van der Waals surface area contributed by atoms with Crippen LogP contribution in [0, 0.1) is 5.41 Å². The van der Waals surface area contributed by atoms with Crippen LogP contribution in [-0.2, 0) is 19.1 Å². The van der Waals surface area contributed by atoms with Crippen LogP contribution in [0.3, 0.4) is 0 Å². The average molecular weight is 268 g/mol. The monoisotopic (exact) mass is 268 g/mol. The van der Waals surface area contributed by atoms with E-state index in [1.165, 1.54) is 0 Å². The molecule has 0 spiro atoms. The Morgan fingerprint density at radius 2 is 1.42 bits per heavy atom. The molecule has 1 fully saturated rings.